The summed E-state index contributed by atoms with van der Waals surface area (Å²) in [5, 5.41) is 0.0744. The molecule has 0 saturated heterocycles. The van der Waals surface area contributed by atoms with Crippen LogP contribution in [0.3, 0.4) is 0 Å². The van der Waals surface area contributed by atoms with Crippen molar-refractivity contribution in [3.63, 3.8) is 0 Å². The van der Waals surface area contributed by atoms with Gasteiger partial charge in [-0.2, -0.15) is 0 Å². The fraction of sp³-hybridized carbons (Fsp3) is 0. The average molecular weight is 474 g/mol. The number of hydrogen-bond acceptors (Lipinski definition) is 3. The molecule has 0 saturated carbocycles. The standard InChI is InChI=1S/C12H2Br2Cl3NOS/c13-3-1-4(14)9-5(2-3)20-12-8(17)11(19)7(16)6(15)10(12)18-9/h1-2H. The Morgan fingerprint density at radius 1 is 1.05 bits per heavy atom. The molecule has 3 rings (SSSR count). The Hall–Kier alpha value is 0.0900. The summed E-state index contributed by atoms with van der Waals surface area (Å²) in [4.78, 5) is 16.9. The molecular weight excluding hydrogens is 472 g/mol. The molecule has 0 unspecified atom stereocenters. The van der Waals surface area contributed by atoms with Crippen LogP contribution in [0.1, 0.15) is 0 Å². The molecule has 0 N–H and O–H groups in total. The SMILES string of the molecule is O=c1c(Cl)c2sc3cc(Br)cc(Br)c3nc-2c(Cl)c1Cl. The average Bonchev–Trinajstić information content (AvgIpc) is 2.41. The maximum Gasteiger partial charge on any atom is 0.218 e. The first kappa shape index (κ1) is 15.0. The van der Waals surface area contributed by atoms with E-state index in [1.54, 1.807) is 0 Å². The van der Waals surface area contributed by atoms with E-state index in [1.807, 2.05) is 12.1 Å². The van der Waals surface area contributed by atoms with Gasteiger partial charge < -0.3 is 0 Å². The number of hydrogen-bond donors (Lipinski definition) is 0. The van der Waals surface area contributed by atoms with E-state index in [4.69, 9.17) is 34.8 Å². The number of rotatable bonds is 0. The molecule has 0 fully saturated rings. The number of nitrogens with zero attached hydrogens (tertiary/aromatic N) is 1. The molecule has 0 aromatic heterocycles. The molecule has 0 amide bonds. The highest BCUT2D eigenvalue weighted by atomic mass is 79.9. The largest absolute Gasteiger partial charge is 0.286 e. The Morgan fingerprint density at radius 2 is 1.75 bits per heavy atom. The van der Waals surface area contributed by atoms with Gasteiger partial charge in [-0.3, -0.25) is 4.79 Å². The number of halogens is 5. The summed E-state index contributed by atoms with van der Waals surface area (Å²) in [6, 6.07) is 3.79. The van der Waals surface area contributed by atoms with Crippen LogP contribution >= 0.6 is 78.0 Å². The molecule has 0 radical (unpaired) electrons. The zero-order valence-corrected chi connectivity index (χ0v) is 15.6. The Morgan fingerprint density at radius 3 is 2.45 bits per heavy atom. The van der Waals surface area contributed by atoms with Crippen LogP contribution in [0.2, 0.25) is 15.1 Å². The van der Waals surface area contributed by atoms with Gasteiger partial charge in [0.1, 0.15) is 15.7 Å². The molecule has 0 spiro atoms. The van der Waals surface area contributed by atoms with Gasteiger partial charge in [0.15, 0.2) is 0 Å². The van der Waals surface area contributed by atoms with E-state index in [0.29, 0.717) is 10.6 Å². The first-order valence-corrected chi connectivity index (χ1v) is 8.70. The van der Waals surface area contributed by atoms with Crippen molar-refractivity contribution < 1.29 is 0 Å². The van der Waals surface area contributed by atoms with Crippen LogP contribution in [-0.4, -0.2) is 4.98 Å². The van der Waals surface area contributed by atoms with E-state index in [1.165, 1.54) is 11.3 Å². The zero-order valence-electron chi connectivity index (χ0n) is 9.31. The third kappa shape index (κ3) is 2.28. The summed E-state index contributed by atoms with van der Waals surface area (Å²) in [7, 11) is 0. The van der Waals surface area contributed by atoms with Gasteiger partial charge in [-0.15, -0.1) is 11.3 Å². The smallest absolute Gasteiger partial charge is 0.218 e. The molecule has 20 heavy (non-hydrogen) atoms. The fourth-order valence-electron chi connectivity index (χ4n) is 1.75. The summed E-state index contributed by atoms with van der Waals surface area (Å²) in [5.41, 5.74) is 0.692. The second-order valence-corrected chi connectivity index (χ2v) is 7.85. The van der Waals surface area contributed by atoms with Gasteiger partial charge in [0.2, 0.25) is 5.43 Å². The van der Waals surface area contributed by atoms with Gasteiger partial charge in [-0.1, -0.05) is 50.7 Å². The van der Waals surface area contributed by atoms with E-state index in [-0.39, 0.29) is 15.1 Å². The number of fused-ring (bicyclic) bond motifs is 2. The highest BCUT2D eigenvalue weighted by Crippen LogP contribution is 2.43. The van der Waals surface area contributed by atoms with E-state index in [9.17, 15) is 4.79 Å². The highest BCUT2D eigenvalue weighted by molar-refractivity contribution is 9.11. The lowest BCUT2D eigenvalue weighted by Crippen LogP contribution is -2.06. The lowest BCUT2D eigenvalue weighted by atomic mass is 10.2. The molecule has 8 heteroatoms. The van der Waals surface area contributed by atoms with Crippen molar-refractivity contribution in [2.24, 2.45) is 0 Å². The molecule has 0 bridgehead atoms. The lowest BCUT2D eigenvalue weighted by molar-refractivity contribution is 1.39. The maximum atomic E-state index is 11.9. The minimum absolute atomic E-state index is 0.0462. The van der Waals surface area contributed by atoms with Gasteiger partial charge in [-0.25, -0.2) is 4.98 Å². The second-order valence-electron chi connectivity index (χ2n) is 3.90. The van der Waals surface area contributed by atoms with Gasteiger partial charge in [0, 0.05) is 8.95 Å². The van der Waals surface area contributed by atoms with Gasteiger partial charge in [0.05, 0.1) is 20.1 Å². The topological polar surface area (TPSA) is 30.0 Å². The van der Waals surface area contributed by atoms with Crippen LogP contribution in [0, 0.1) is 0 Å². The van der Waals surface area contributed by atoms with E-state index in [2.05, 4.69) is 36.8 Å². The van der Waals surface area contributed by atoms with Crippen molar-refractivity contribution in [2.45, 2.75) is 0 Å². The zero-order chi connectivity index (χ0) is 14.6. The summed E-state index contributed by atoms with van der Waals surface area (Å²) in [5.74, 6) is 0. The Kier molecular flexibility index (Phi) is 4.03. The van der Waals surface area contributed by atoms with Crippen molar-refractivity contribution in [3.05, 3.63) is 46.4 Å². The van der Waals surface area contributed by atoms with Crippen LogP contribution in [-0.2, 0) is 0 Å². The summed E-state index contributed by atoms with van der Waals surface area (Å²) in [6.45, 7) is 0. The first-order valence-electron chi connectivity index (χ1n) is 5.16. The van der Waals surface area contributed by atoms with Crippen molar-refractivity contribution in [2.75, 3.05) is 0 Å². The molecule has 102 valence electrons. The molecule has 0 atom stereocenters. The minimum atomic E-state index is -0.475. The quantitative estimate of drug-likeness (QED) is 0.285. The maximum absolute atomic E-state index is 11.9. The summed E-state index contributed by atoms with van der Waals surface area (Å²) < 4.78 is 2.58. The van der Waals surface area contributed by atoms with Crippen LogP contribution in [0.15, 0.2) is 25.9 Å². The first-order chi connectivity index (χ1) is 9.40. The summed E-state index contributed by atoms with van der Waals surface area (Å²) in [6.07, 6.45) is 0. The van der Waals surface area contributed by atoms with Crippen molar-refractivity contribution in [1.82, 2.24) is 4.98 Å². The van der Waals surface area contributed by atoms with Crippen molar-refractivity contribution in [1.29, 1.82) is 0 Å². The Balaban J connectivity index is 2.59. The predicted molar refractivity (Wildman–Crippen MR) is 92.9 cm³/mol. The van der Waals surface area contributed by atoms with Crippen molar-refractivity contribution in [3.8, 4) is 10.6 Å². The Labute approximate surface area is 149 Å². The number of benzene rings is 2. The van der Waals surface area contributed by atoms with Crippen LogP contribution in [0.5, 0.6) is 0 Å². The molecule has 1 aromatic rings. The lowest BCUT2D eigenvalue weighted by Gasteiger charge is -2.11. The van der Waals surface area contributed by atoms with E-state index >= 15 is 0 Å². The third-order valence-corrected chi connectivity index (χ3v) is 6.14. The normalized spacial score (nSPS) is 11.4. The van der Waals surface area contributed by atoms with Gasteiger partial charge in [0.25, 0.3) is 0 Å². The molecular formula is C12H2Br2Cl3NOS. The van der Waals surface area contributed by atoms with Gasteiger partial charge in [-0.05, 0) is 28.1 Å². The molecule has 2 aliphatic rings. The van der Waals surface area contributed by atoms with Crippen LogP contribution < -0.4 is 5.43 Å². The van der Waals surface area contributed by atoms with E-state index < -0.39 is 5.43 Å². The molecule has 2 nitrogen and oxygen atoms in total. The van der Waals surface area contributed by atoms with E-state index in [0.717, 1.165) is 19.2 Å². The number of aromatic nitrogens is 1. The fourth-order valence-corrected chi connectivity index (χ4v) is 5.24. The summed E-state index contributed by atoms with van der Waals surface area (Å²) >= 11 is 26.3. The monoisotopic (exact) mass is 471 g/mol. The van der Waals surface area contributed by atoms with Crippen LogP contribution in [0.25, 0.3) is 20.8 Å². The molecule has 1 aliphatic carbocycles. The van der Waals surface area contributed by atoms with Crippen LogP contribution in [0.4, 0.5) is 0 Å². The van der Waals surface area contributed by atoms with Crippen molar-refractivity contribution >= 4 is 88.2 Å². The molecule has 1 aromatic carbocycles. The highest BCUT2D eigenvalue weighted by Gasteiger charge is 2.22. The van der Waals surface area contributed by atoms with Gasteiger partial charge >= 0.3 is 0 Å². The predicted octanol–water partition coefficient (Wildman–Crippen LogP) is 6.25. The minimum Gasteiger partial charge on any atom is -0.286 e. The Bertz CT molecular complexity index is 896. The third-order valence-electron chi connectivity index (χ3n) is 2.64. The second kappa shape index (κ2) is 5.38. The molecule has 1 heterocycles. The molecule has 1 aliphatic heterocycles.